The van der Waals surface area contributed by atoms with Crippen molar-refractivity contribution in [2.24, 2.45) is 5.73 Å². The number of aryl methyl sites for hydroxylation is 1. The number of allylic oxidation sites excluding steroid dienone is 1. The number of hydrogen-bond acceptors (Lipinski definition) is 6. The number of fused-ring (bicyclic) bond motifs is 1. The summed E-state index contributed by atoms with van der Waals surface area (Å²) in [5, 5.41) is 14.4. The molecule has 31 heavy (non-hydrogen) atoms. The maximum absolute atomic E-state index is 12.7. The molecule has 0 aliphatic carbocycles. The average Bonchev–Trinajstić information content (AvgIpc) is 3.09. The standard InChI is InChI=1S/C22H18F2N4O3/c1-12-18-19(13-8-9-16(30-22(23)24)17(10-13)29-2)15(11-25)20(26)31-21(18)28(27-12)14-6-4-3-5-7-14/h3-10,19,22H,26H2,1-2H3. The van der Waals surface area contributed by atoms with E-state index in [2.05, 4.69) is 15.9 Å². The van der Waals surface area contributed by atoms with Crippen molar-refractivity contribution in [3.63, 3.8) is 0 Å². The summed E-state index contributed by atoms with van der Waals surface area (Å²) in [7, 11) is 1.35. The number of ether oxygens (including phenoxy) is 3. The fourth-order valence-corrected chi connectivity index (χ4v) is 3.65. The Morgan fingerprint density at radius 2 is 1.94 bits per heavy atom. The first-order chi connectivity index (χ1) is 14.9. The number of nitriles is 1. The van der Waals surface area contributed by atoms with E-state index >= 15 is 0 Å². The Bertz CT molecular complexity index is 1200. The van der Waals surface area contributed by atoms with Crippen molar-refractivity contribution in [1.82, 2.24) is 9.78 Å². The number of benzene rings is 2. The number of para-hydroxylation sites is 1. The minimum atomic E-state index is -2.99. The van der Waals surface area contributed by atoms with Crippen LogP contribution in [-0.2, 0) is 0 Å². The van der Waals surface area contributed by atoms with Gasteiger partial charge < -0.3 is 19.9 Å². The number of nitrogens with zero attached hydrogens (tertiary/aromatic N) is 3. The van der Waals surface area contributed by atoms with Gasteiger partial charge in [-0.3, -0.25) is 0 Å². The highest BCUT2D eigenvalue weighted by atomic mass is 19.3. The summed E-state index contributed by atoms with van der Waals surface area (Å²) >= 11 is 0. The van der Waals surface area contributed by atoms with E-state index in [-0.39, 0.29) is 23.0 Å². The summed E-state index contributed by atoms with van der Waals surface area (Å²) in [4.78, 5) is 0. The van der Waals surface area contributed by atoms with Crippen LogP contribution in [0.5, 0.6) is 17.4 Å². The molecule has 0 saturated heterocycles. The molecular formula is C22H18F2N4O3. The summed E-state index contributed by atoms with van der Waals surface area (Å²) in [6.07, 6.45) is 0. The molecule has 1 atom stereocenters. The monoisotopic (exact) mass is 424 g/mol. The molecule has 2 aromatic carbocycles. The lowest BCUT2D eigenvalue weighted by molar-refractivity contribution is -0.0512. The summed E-state index contributed by atoms with van der Waals surface area (Å²) in [5.74, 6) is -0.294. The predicted molar refractivity (Wildman–Crippen MR) is 107 cm³/mol. The van der Waals surface area contributed by atoms with E-state index in [1.54, 1.807) is 23.7 Å². The van der Waals surface area contributed by atoms with Crippen LogP contribution in [0.25, 0.3) is 5.69 Å². The zero-order chi connectivity index (χ0) is 22.1. The van der Waals surface area contributed by atoms with E-state index in [1.807, 2.05) is 30.3 Å². The van der Waals surface area contributed by atoms with Crippen LogP contribution in [0.15, 0.2) is 60.0 Å². The second kappa shape index (κ2) is 7.99. The Morgan fingerprint density at radius 3 is 2.58 bits per heavy atom. The molecule has 2 N–H and O–H groups in total. The zero-order valence-electron chi connectivity index (χ0n) is 16.7. The maximum Gasteiger partial charge on any atom is 0.387 e. The first kappa shape index (κ1) is 20.2. The number of rotatable bonds is 5. The molecule has 1 aromatic heterocycles. The SMILES string of the molecule is COc1cc(C2C(C#N)=C(N)Oc3c2c(C)nn3-c2ccccc2)ccc1OC(F)F. The highest BCUT2D eigenvalue weighted by Gasteiger charge is 2.36. The number of alkyl halides is 2. The Labute approximate surface area is 176 Å². The third kappa shape index (κ3) is 3.53. The first-order valence-electron chi connectivity index (χ1n) is 9.29. The van der Waals surface area contributed by atoms with Gasteiger partial charge in [0.05, 0.1) is 30.0 Å². The molecule has 0 saturated carbocycles. The van der Waals surface area contributed by atoms with Gasteiger partial charge >= 0.3 is 6.61 Å². The van der Waals surface area contributed by atoms with E-state index in [9.17, 15) is 14.0 Å². The van der Waals surface area contributed by atoms with Gasteiger partial charge in [-0.2, -0.15) is 19.1 Å². The highest BCUT2D eigenvalue weighted by molar-refractivity contribution is 5.59. The maximum atomic E-state index is 12.7. The Balaban J connectivity index is 1.89. The number of hydrogen-bond donors (Lipinski definition) is 1. The van der Waals surface area contributed by atoms with Crippen molar-refractivity contribution < 1.29 is 23.0 Å². The molecular weight excluding hydrogens is 406 g/mol. The minimum absolute atomic E-state index is 0.0519. The fourth-order valence-electron chi connectivity index (χ4n) is 3.65. The molecule has 1 aliphatic rings. The van der Waals surface area contributed by atoms with Crippen LogP contribution in [0.1, 0.15) is 22.7 Å². The van der Waals surface area contributed by atoms with Gasteiger partial charge in [0.25, 0.3) is 0 Å². The Kier molecular flexibility index (Phi) is 5.21. The van der Waals surface area contributed by atoms with Crippen molar-refractivity contribution >= 4 is 0 Å². The normalized spacial score (nSPS) is 15.3. The highest BCUT2D eigenvalue weighted by Crippen LogP contribution is 2.46. The van der Waals surface area contributed by atoms with Crippen LogP contribution in [0.2, 0.25) is 0 Å². The fraction of sp³-hybridized carbons (Fsp3) is 0.182. The van der Waals surface area contributed by atoms with Crippen LogP contribution in [-0.4, -0.2) is 23.5 Å². The van der Waals surface area contributed by atoms with Crippen molar-refractivity contribution in [1.29, 1.82) is 5.26 Å². The molecule has 0 amide bonds. The van der Waals surface area contributed by atoms with Gasteiger partial charge in [0.15, 0.2) is 11.5 Å². The van der Waals surface area contributed by atoms with Gasteiger partial charge in [-0.25, -0.2) is 4.68 Å². The van der Waals surface area contributed by atoms with Crippen molar-refractivity contribution in [2.45, 2.75) is 19.5 Å². The van der Waals surface area contributed by atoms with Crippen LogP contribution >= 0.6 is 0 Å². The molecule has 158 valence electrons. The summed E-state index contributed by atoms with van der Waals surface area (Å²) in [6, 6.07) is 16.0. The van der Waals surface area contributed by atoms with Gasteiger partial charge in [0.2, 0.25) is 11.8 Å². The molecule has 0 spiro atoms. The smallest absolute Gasteiger partial charge is 0.387 e. The largest absolute Gasteiger partial charge is 0.493 e. The third-order valence-electron chi connectivity index (χ3n) is 4.97. The molecule has 7 nitrogen and oxygen atoms in total. The molecule has 9 heteroatoms. The molecule has 3 aromatic rings. The number of aromatic nitrogens is 2. The van der Waals surface area contributed by atoms with Gasteiger partial charge in [-0.05, 0) is 36.8 Å². The molecule has 0 bridgehead atoms. The topological polar surface area (TPSA) is 95.3 Å². The summed E-state index contributed by atoms with van der Waals surface area (Å²) < 4.78 is 42.6. The minimum Gasteiger partial charge on any atom is -0.493 e. The molecule has 0 radical (unpaired) electrons. The van der Waals surface area contributed by atoms with Gasteiger partial charge in [-0.15, -0.1) is 0 Å². The molecule has 4 rings (SSSR count). The van der Waals surface area contributed by atoms with E-state index in [4.69, 9.17) is 15.2 Å². The zero-order valence-corrected chi connectivity index (χ0v) is 16.7. The summed E-state index contributed by atoms with van der Waals surface area (Å²) in [6.45, 7) is -1.19. The first-order valence-corrected chi connectivity index (χ1v) is 9.29. The number of halogens is 2. The lowest BCUT2D eigenvalue weighted by Crippen LogP contribution is -2.22. The summed E-state index contributed by atoms with van der Waals surface area (Å²) in [5.41, 5.74) is 8.93. The van der Waals surface area contributed by atoms with Crippen LogP contribution in [0, 0.1) is 18.3 Å². The van der Waals surface area contributed by atoms with Crippen LogP contribution in [0.4, 0.5) is 8.78 Å². The number of nitrogens with two attached hydrogens (primary N) is 1. The van der Waals surface area contributed by atoms with Gasteiger partial charge in [0.1, 0.15) is 11.6 Å². The van der Waals surface area contributed by atoms with Crippen LogP contribution < -0.4 is 19.9 Å². The Hall–Kier alpha value is -4.06. The van der Waals surface area contributed by atoms with Crippen LogP contribution in [0.3, 0.4) is 0 Å². The second-order valence-corrected chi connectivity index (χ2v) is 6.77. The van der Waals surface area contributed by atoms with Crippen molar-refractivity contribution in [2.75, 3.05) is 7.11 Å². The molecule has 2 heterocycles. The van der Waals surface area contributed by atoms with E-state index in [1.165, 1.54) is 13.2 Å². The second-order valence-electron chi connectivity index (χ2n) is 6.77. The average molecular weight is 424 g/mol. The van der Waals surface area contributed by atoms with Crippen molar-refractivity contribution in [3.8, 4) is 29.1 Å². The van der Waals surface area contributed by atoms with Gasteiger partial charge in [-0.1, -0.05) is 24.3 Å². The quantitative estimate of drug-likeness (QED) is 0.665. The molecule has 1 aliphatic heterocycles. The van der Waals surface area contributed by atoms with E-state index < -0.39 is 12.5 Å². The Morgan fingerprint density at radius 1 is 1.19 bits per heavy atom. The molecule has 0 fully saturated rings. The predicted octanol–water partition coefficient (Wildman–Crippen LogP) is 4.01. The lowest BCUT2D eigenvalue weighted by atomic mass is 9.84. The van der Waals surface area contributed by atoms with Gasteiger partial charge in [0, 0.05) is 0 Å². The molecule has 1 unspecified atom stereocenters. The van der Waals surface area contributed by atoms with E-state index in [0.717, 1.165) is 5.69 Å². The van der Waals surface area contributed by atoms with E-state index in [0.29, 0.717) is 22.7 Å². The number of methoxy groups -OCH3 is 1. The van der Waals surface area contributed by atoms with Crippen molar-refractivity contribution in [3.05, 3.63) is 76.8 Å². The third-order valence-corrected chi connectivity index (χ3v) is 4.97. The lowest BCUT2D eigenvalue weighted by Gasteiger charge is -2.25.